The summed E-state index contributed by atoms with van der Waals surface area (Å²) in [5, 5.41) is 3.02. The van der Waals surface area contributed by atoms with E-state index in [4.69, 9.17) is 0 Å². The second kappa shape index (κ2) is 5.95. The van der Waals surface area contributed by atoms with E-state index in [1.165, 1.54) is 0 Å². The van der Waals surface area contributed by atoms with Crippen molar-refractivity contribution in [2.75, 3.05) is 18.4 Å². The molecule has 21 heavy (non-hydrogen) atoms. The van der Waals surface area contributed by atoms with Crippen molar-refractivity contribution in [1.29, 1.82) is 0 Å². The molecule has 0 aliphatic carbocycles. The minimum absolute atomic E-state index is 0.0138. The molecule has 1 N–H and O–H groups in total. The Bertz CT molecular complexity index is 489. The highest BCUT2D eigenvalue weighted by Crippen LogP contribution is 2.27. The molecule has 1 aromatic rings. The zero-order valence-corrected chi connectivity index (χ0v) is 12.1. The number of carbonyl (C=O) groups excluding carboxylic acids is 1. The number of carbonyl (C=O) groups is 1. The average molecular weight is 300 g/mol. The van der Waals surface area contributed by atoms with E-state index in [1.54, 1.807) is 13.8 Å². The van der Waals surface area contributed by atoms with Gasteiger partial charge in [0, 0.05) is 18.7 Å². The molecule has 1 aliphatic heterocycles. The van der Waals surface area contributed by atoms with Crippen LogP contribution in [-0.2, 0) is 11.2 Å². The minimum atomic E-state index is -4.38. The molecule has 1 aromatic carbocycles. The number of nitrogens with zero attached hydrogens (tertiary/aromatic N) is 1. The molecule has 1 atom stereocenters. The molecule has 0 saturated carbocycles. The number of benzene rings is 1. The van der Waals surface area contributed by atoms with Gasteiger partial charge in [0.2, 0.25) is 5.91 Å². The lowest BCUT2D eigenvalue weighted by molar-refractivity contribution is -0.162. The molecule has 0 aromatic heterocycles. The number of amides is 1. The molecule has 1 unspecified atom stereocenters. The second-order valence-electron chi connectivity index (χ2n) is 5.79. The van der Waals surface area contributed by atoms with Crippen molar-refractivity contribution in [1.82, 2.24) is 4.90 Å². The van der Waals surface area contributed by atoms with Gasteiger partial charge in [-0.15, -0.1) is 0 Å². The molecule has 116 valence electrons. The zero-order valence-electron chi connectivity index (χ0n) is 12.1. The van der Waals surface area contributed by atoms with Gasteiger partial charge in [0.25, 0.3) is 0 Å². The number of hydrogen-bond donors (Lipinski definition) is 1. The summed E-state index contributed by atoms with van der Waals surface area (Å²) in [7, 11) is 0. The van der Waals surface area contributed by atoms with E-state index in [-0.39, 0.29) is 12.5 Å². The van der Waals surface area contributed by atoms with Gasteiger partial charge in [0.05, 0.1) is 0 Å². The fourth-order valence-electron chi connectivity index (χ4n) is 2.56. The van der Waals surface area contributed by atoms with Crippen LogP contribution in [0.1, 0.15) is 19.4 Å². The van der Waals surface area contributed by atoms with Gasteiger partial charge in [-0.05, 0) is 17.5 Å². The maximum absolute atomic E-state index is 12.7. The first kappa shape index (κ1) is 15.7. The number of hydrogen-bond acceptors (Lipinski definition) is 2. The number of rotatable bonds is 4. The predicted molar refractivity (Wildman–Crippen MR) is 75.0 cm³/mol. The number of anilines is 1. The van der Waals surface area contributed by atoms with E-state index in [0.29, 0.717) is 6.42 Å². The third-order valence-corrected chi connectivity index (χ3v) is 3.34. The lowest BCUT2D eigenvalue weighted by atomic mass is 10.1. The quantitative estimate of drug-likeness (QED) is 0.927. The molecule has 0 saturated heterocycles. The highest BCUT2D eigenvalue weighted by atomic mass is 19.4. The van der Waals surface area contributed by atoms with Crippen molar-refractivity contribution in [3.8, 4) is 0 Å². The highest BCUT2D eigenvalue weighted by Gasteiger charge is 2.37. The van der Waals surface area contributed by atoms with Crippen LogP contribution in [0.4, 0.5) is 18.9 Å². The summed E-state index contributed by atoms with van der Waals surface area (Å²) in [5.74, 6) is -0.502. The number of nitrogens with one attached hydrogen (secondary N) is 1. The van der Waals surface area contributed by atoms with Crippen LogP contribution in [0.3, 0.4) is 0 Å². The molecule has 0 radical (unpaired) electrons. The molecule has 0 fully saturated rings. The predicted octanol–water partition coefficient (Wildman–Crippen LogP) is 3.07. The summed E-state index contributed by atoms with van der Waals surface area (Å²) < 4.78 is 38.0. The molecule has 1 heterocycles. The van der Waals surface area contributed by atoms with E-state index < -0.39 is 24.7 Å². The zero-order chi connectivity index (χ0) is 15.6. The Morgan fingerprint density at radius 3 is 2.62 bits per heavy atom. The van der Waals surface area contributed by atoms with Gasteiger partial charge in [-0.25, -0.2) is 0 Å². The summed E-state index contributed by atoms with van der Waals surface area (Å²) in [6.45, 7) is 2.51. The van der Waals surface area contributed by atoms with E-state index in [1.807, 2.05) is 24.3 Å². The van der Waals surface area contributed by atoms with Crippen LogP contribution < -0.4 is 5.32 Å². The van der Waals surface area contributed by atoms with E-state index in [9.17, 15) is 18.0 Å². The lowest BCUT2D eigenvalue weighted by Crippen LogP contribution is -2.47. The number of halogens is 3. The Morgan fingerprint density at radius 1 is 1.38 bits per heavy atom. The van der Waals surface area contributed by atoms with Crippen molar-refractivity contribution in [2.24, 2.45) is 5.92 Å². The third-order valence-electron chi connectivity index (χ3n) is 3.34. The Hall–Kier alpha value is -1.72. The maximum Gasteiger partial charge on any atom is 0.406 e. The molecular weight excluding hydrogens is 281 g/mol. The summed E-state index contributed by atoms with van der Waals surface area (Å²) in [5.41, 5.74) is 1.79. The number of para-hydroxylation sites is 1. The molecule has 6 heteroatoms. The molecule has 3 nitrogen and oxygen atoms in total. The van der Waals surface area contributed by atoms with Crippen LogP contribution >= 0.6 is 0 Å². The fourth-order valence-corrected chi connectivity index (χ4v) is 2.56. The normalized spacial score (nSPS) is 17.5. The maximum atomic E-state index is 12.7. The molecule has 1 amide bonds. The lowest BCUT2D eigenvalue weighted by Gasteiger charge is -2.28. The van der Waals surface area contributed by atoms with Gasteiger partial charge in [-0.3, -0.25) is 4.79 Å². The van der Waals surface area contributed by atoms with Gasteiger partial charge in [-0.1, -0.05) is 32.0 Å². The summed E-state index contributed by atoms with van der Waals surface area (Å²) in [4.78, 5) is 13.3. The van der Waals surface area contributed by atoms with Gasteiger partial charge >= 0.3 is 6.18 Å². The Morgan fingerprint density at radius 2 is 2.05 bits per heavy atom. The largest absolute Gasteiger partial charge is 0.406 e. The van der Waals surface area contributed by atoms with Crippen molar-refractivity contribution in [2.45, 2.75) is 32.5 Å². The molecule has 0 bridgehead atoms. The standard InChI is InChI=1S/C15H19F3N2O/c1-10(2)8-20(9-15(16,17)18)14(21)13-7-11-5-3-4-6-12(11)19-13/h3-6,10,13,19H,7-9H2,1-2H3. The highest BCUT2D eigenvalue weighted by molar-refractivity contribution is 5.87. The van der Waals surface area contributed by atoms with Crippen LogP contribution in [-0.4, -0.2) is 36.1 Å². The smallest absolute Gasteiger partial charge is 0.373 e. The first-order chi connectivity index (χ1) is 9.76. The van der Waals surface area contributed by atoms with Gasteiger partial charge < -0.3 is 10.2 Å². The molecule has 1 aliphatic rings. The van der Waals surface area contributed by atoms with Crippen LogP contribution in [0.2, 0.25) is 0 Å². The van der Waals surface area contributed by atoms with Gasteiger partial charge in [0.15, 0.2) is 0 Å². The second-order valence-corrected chi connectivity index (χ2v) is 5.79. The van der Waals surface area contributed by atoms with E-state index >= 15 is 0 Å². The molecule has 0 spiro atoms. The van der Waals surface area contributed by atoms with Crippen molar-refractivity contribution in [3.63, 3.8) is 0 Å². The minimum Gasteiger partial charge on any atom is -0.373 e. The first-order valence-electron chi connectivity index (χ1n) is 6.96. The Balaban J connectivity index is 2.09. The number of alkyl halides is 3. The summed E-state index contributed by atoms with van der Waals surface area (Å²) in [6.07, 6.45) is -3.95. The molecular formula is C15H19F3N2O. The fraction of sp³-hybridized carbons (Fsp3) is 0.533. The van der Waals surface area contributed by atoms with Gasteiger partial charge in [0.1, 0.15) is 12.6 Å². The molecule has 2 rings (SSSR count). The Kier molecular flexibility index (Phi) is 4.44. The van der Waals surface area contributed by atoms with Crippen LogP contribution in [0.15, 0.2) is 24.3 Å². The number of fused-ring (bicyclic) bond motifs is 1. The van der Waals surface area contributed by atoms with Crippen molar-refractivity contribution >= 4 is 11.6 Å². The Labute approximate surface area is 122 Å². The SMILES string of the molecule is CC(C)CN(CC(F)(F)F)C(=O)C1Cc2ccccc2N1. The van der Waals surface area contributed by atoms with Crippen LogP contribution in [0.5, 0.6) is 0 Å². The van der Waals surface area contributed by atoms with Crippen LogP contribution in [0.25, 0.3) is 0 Å². The average Bonchev–Trinajstić information content (AvgIpc) is 2.78. The van der Waals surface area contributed by atoms with E-state index in [2.05, 4.69) is 5.32 Å². The van der Waals surface area contributed by atoms with E-state index in [0.717, 1.165) is 16.2 Å². The first-order valence-corrected chi connectivity index (χ1v) is 6.96. The van der Waals surface area contributed by atoms with Gasteiger partial charge in [-0.2, -0.15) is 13.2 Å². The topological polar surface area (TPSA) is 32.3 Å². The monoisotopic (exact) mass is 300 g/mol. The van der Waals surface area contributed by atoms with Crippen molar-refractivity contribution < 1.29 is 18.0 Å². The third kappa shape index (κ3) is 4.12. The van der Waals surface area contributed by atoms with Crippen molar-refractivity contribution in [3.05, 3.63) is 29.8 Å². The summed E-state index contributed by atoms with van der Waals surface area (Å²) in [6, 6.07) is 6.80. The van der Waals surface area contributed by atoms with Crippen LogP contribution in [0, 0.1) is 5.92 Å². The summed E-state index contributed by atoms with van der Waals surface area (Å²) >= 11 is 0.